The first kappa shape index (κ1) is 13.6. The summed E-state index contributed by atoms with van der Waals surface area (Å²) in [5.41, 5.74) is 2.81. The Labute approximate surface area is 133 Å². The number of nitrogens with one attached hydrogen (secondary N) is 1. The molecule has 1 N–H and O–H groups in total. The summed E-state index contributed by atoms with van der Waals surface area (Å²) in [7, 11) is 0. The molecule has 1 heterocycles. The lowest BCUT2D eigenvalue weighted by Gasteiger charge is -2.14. The van der Waals surface area contributed by atoms with Crippen molar-refractivity contribution in [2.75, 3.05) is 5.32 Å². The number of hydrogen-bond acceptors (Lipinski definition) is 2. The molecule has 4 nitrogen and oxygen atoms in total. The Balaban J connectivity index is 1.75. The zero-order valence-corrected chi connectivity index (χ0v) is 13.2. The van der Waals surface area contributed by atoms with Crippen LogP contribution in [-0.2, 0) is 4.79 Å². The maximum Gasteiger partial charge on any atom is 0.230 e. The summed E-state index contributed by atoms with van der Waals surface area (Å²) in [4.78, 5) is 16.9. The Bertz CT molecular complexity index is 860. The van der Waals surface area contributed by atoms with Crippen molar-refractivity contribution in [2.24, 2.45) is 11.3 Å². The molecule has 1 atom stereocenters. The van der Waals surface area contributed by atoms with Crippen molar-refractivity contribution in [1.29, 1.82) is 0 Å². The zero-order chi connectivity index (χ0) is 15.5. The number of halogens is 1. The number of rotatable bonds is 3. The first-order valence-corrected chi connectivity index (χ1v) is 7.71. The van der Waals surface area contributed by atoms with Crippen LogP contribution in [0.3, 0.4) is 0 Å². The summed E-state index contributed by atoms with van der Waals surface area (Å²) in [5.74, 6) is 0.660. The van der Waals surface area contributed by atoms with E-state index in [1.165, 1.54) is 0 Å². The summed E-state index contributed by atoms with van der Waals surface area (Å²) in [5, 5.41) is 3.63. The summed E-state index contributed by atoms with van der Waals surface area (Å²) in [6.45, 7) is 4.22. The maximum atomic E-state index is 12.4. The highest BCUT2D eigenvalue weighted by Gasteiger charge is 2.50. The third-order valence-corrected chi connectivity index (χ3v) is 4.71. The van der Waals surface area contributed by atoms with Gasteiger partial charge in [0.15, 0.2) is 0 Å². The Kier molecular flexibility index (Phi) is 2.76. The van der Waals surface area contributed by atoms with E-state index in [4.69, 9.17) is 11.6 Å². The Hall–Kier alpha value is -2.07. The van der Waals surface area contributed by atoms with Crippen LogP contribution in [0.4, 0.5) is 5.95 Å². The average Bonchev–Trinajstić information content (AvgIpc) is 2.91. The molecular weight excluding hydrogens is 298 g/mol. The van der Waals surface area contributed by atoms with Gasteiger partial charge in [0.1, 0.15) is 0 Å². The standard InChI is InChI=1S/C17H16ClN3O/c1-17(2)9-12(17)15(22)20-16-19-13-7-6-10(18)8-14(13)21(16)11-4-3-5-11/h3-8,12H,9H2,1-2H3,(H,19,20,22)/t12-/m1/s1. The van der Waals surface area contributed by atoms with Crippen LogP contribution in [-0.4, -0.2) is 15.5 Å². The molecule has 0 unspecified atom stereocenters. The zero-order valence-electron chi connectivity index (χ0n) is 12.4. The van der Waals surface area contributed by atoms with Crippen molar-refractivity contribution < 1.29 is 4.79 Å². The average molecular weight is 314 g/mol. The number of benzene rings is 1. The largest absolute Gasteiger partial charge is 0.295 e. The van der Waals surface area contributed by atoms with E-state index < -0.39 is 0 Å². The van der Waals surface area contributed by atoms with Crippen LogP contribution in [0.1, 0.15) is 20.3 Å². The van der Waals surface area contributed by atoms with Crippen molar-refractivity contribution in [1.82, 2.24) is 9.55 Å². The molecular formula is C17H16ClN3O. The van der Waals surface area contributed by atoms with E-state index in [-0.39, 0.29) is 17.2 Å². The normalized spacial score (nSPS) is 21.4. The van der Waals surface area contributed by atoms with Crippen molar-refractivity contribution in [3.63, 3.8) is 0 Å². The number of amides is 1. The molecule has 4 rings (SSSR count). The number of anilines is 1. The van der Waals surface area contributed by atoms with E-state index >= 15 is 0 Å². The Morgan fingerprint density at radius 1 is 1.45 bits per heavy atom. The van der Waals surface area contributed by atoms with Gasteiger partial charge in [0.25, 0.3) is 0 Å². The molecule has 112 valence electrons. The highest BCUT2D eigenvalue weighted by molar-refractivity contribution is 6.31. The van der Waals surface area contributed by atoms with Crippen molar-refractivity contribution in [3.05, 3.63) is 41.4 Å². The van der Waals surface area contributed by atoms with E-state index in [2.05, 4.69) is 24.1 Å². The van der Waals surface area contributed by atoms with Crippen LogP contribution in [0, 0.1) is 11.3 Å². The monoisotopic (exact) mass is 313 g/mol. The van der Waals surface area contributed by atoms with Crippen LogP contribution in [0.25, 0.3) is 16.7 Å². The maximum absolute atomic E-state index is 12.4. The summed E-state index contributed by atoms with van der Waals surface area (Å²) >= 11 is 6.10. The van der Waals surface area contributed by atoms with Gasteiger partial charge in [0.05, 0.1) is 11.0 Å². The molecule has 0 saturated heterocycles. The van der Waals surface area contributed by atoms with Crippen LogP contribution in [0.15, 0.2) is 36.4 Å². The third-order valence-electron chi connectivity index (χ3n) is 4.47. The second kappa shape index (κ2) is 4.46. The van der Waals surface area contributed by atoms with Crippen LogP contribution >= 0.6 is 11.6 Å². The minimum absolute atomic E-state index is 0.0385. The second-order valence-corrected chi connectivity index (χ2v) is 7.03. The number of carbonyl (C=O) groups is 1. The smallest absolute Gasteiger partial charge is 0.230 e. The van der Waals surface area contributed by atoms with Crippen LogP contribution in [0.2, 0.25) is 5.02 Å². The van der Waals surface area contributed by atoms with Gasteiger partial charge in [-0.15, -0.1) is 0 Å². The van der Waals surface area contributed by atoms with Gasteiger partial charge in [0.2, 0.25) is 11.9 Å². The van der Waals surface area contributed by atoms with E-state index in [0.717, 1.165) is 23.2 Å². The van der Waals surface area contributed by atoms with Crippen LogP contribution in [0.5, 0.6) is 0 Å². The SMILES string of the molecule is CC1(C)C[C@@H]1C(=O)Nc1nc2ccc(Cl)cc2n1C1=CC=C1. The van der Waals surface area contributed by atoms with Gasteiger partial charge in [-0.1, -0.05) is 31.5 Å². The molecule has 2 aliphatic carbocycles. The molecule has 0 radical (unpaired) electrons. The molecule has 1 amide bonds. The molecule has 0 aliphatic heterocycles. The van der Waals surface area contributed by atoms with Gasteiger partial charge in [-0.05, 0) is 42.2 Å². The minimum atomic E-state index is 0.0385. The topological polar surface area (TPSA) is 46.9 Å². The predicted molar refractivity (Wildman–Crippen MR) is 88.7 cm³/mol. The number of fused-ring (bicyclic) bond motifs is 1. The molecule has 2 aromatic rings. The fraction of sp³-hybridized carbons (Fsp3) is 0.294. The fourth-order valence-corrected chi connectivity index (χ4v) is 3.00. The lowest BCUT2D eigenvalue weighted by molar-refractivity contribution is -0.118. The molecule has 1 saturated carbocycles. The van der Waals surface area contributed by atoms with Crippen molar-refractivity contribution in [2.45, 2.75) is 20.3 Å². The van der Waals surface area contributed by atoms with Crippen LogP contribution < -0.4 is 5.32 Å². The van der Waals surface area contributed by atoms with E-state index in [1.54, 1.807) is 0 Å². The first-order valence-electron chi connectivity index (χ1n) is 7.33. The van der Waals surface area contributed by atoms with Gasteiger partial charge in [-0.3, -0.25) is 14.7 Å². The minimum Gasteiger partial charge on any atom is -0.295 e. The molecule has 0 bridgehead atoms. The highest BCUT2D eigenvalue weighted by Crippen LogP contribution is 2.52. The summed E-state index contributed by atoms with van der Waals surface area (Å²) < 4.78 is 1.94. The lowest BCUT2D eigenvalue weighted by atomic mass is 10.1. The van der Waals surface area contributed by atoms with Gasteiger partial charge in [-0.25, -0.2) is 4.98 Å². The molecule has 1 aromatic carbocycles. The second-order valence-electron chi connectivity index (χ2n) is 6.59. The van der Waals surface area contributed by atoms with Gasteiger partial charge in [-0.2, -0.15) is 0 Å². The van der Waals surface area contributed by atoms with E-state index in [0.29, 0.717) is 11.0 Å². The van der Waals surface area contributed by atoms with Crippen molar-refractivity contribution >= 4 is 40.2 Å². The molecule has 1 fully saturated rings. The summed E-state index contributed by atoms with van der Waals surface area (Å²) in [6.07, 6.45) is 6.85. The number of carbonyl (C=O) groups excluding carboxylic acids is 1. The Morgan fingerprint density at radius 2 is 2.18 bits per heavy atom. The number of hydrogen-bond donors (Lipinski definition) is 1. The predicted octanol–water partition coefficient (Wildman–Crippen LogP) is 4.09. The van der Waals surface area contributed by atoms with E-state index in [9.17, 15) is 4.79 Å². The number of allylic oxidation sites excluding steroid dienone is 4. The summed E-state index contributed by atoms with van der Waals surface area (Å²) in [6, 6.07) is 5.54. The quantitative estimate of drug-likeness (QED) is 0.928. The van der Waals surface area contributed by atoms with Gasteiger partial charge in [0, 0.05) is 16.6 Å². The fourth-order valence-electron chi connectivity index (χ4n) is 2.84. The van der Waals surface area contributed by atoms with E-state index in [1.807, 2.05) is 41.0 Å². The Morgan fingerprint density at radius 3 is 2.77 bits per heavy atom. The van der Waals surface area contributed by atoms with Crippen molar-refractivity contribution in [3.8, 4) is 0 Å². The molecule has 22 heavy (non-hydrogen) atoms. The number of aromatic nitrogens is 2. The van der Waals surface area contributed by atoms with Gasteiger partial charge < -0.3 is 0 Å². The molecule has 5 heteroatoms. The number of imidazole rings is 1. The first-order chi connectivity index (χ1) is 10.5. The molecule has 1 aromatic heterocycles. The number of nitrogens with zero attached hydrogens (tertiary/aromatic N) is 2. The third kappa shape index (κ3) is 2.06. The molecule has 2 aliphatic rings. The highest BCUT2D eigenvalue weighted by atomic mass is 35.5. The molecule has 0 spiro atoms. The van der Waals surface area contributed by atoms with Gasteiger partial charge >= 0.3 is 0 Å². The lowest BCUT2D eigenvalue weighted by Crippen LogP contribution is -2.19.